The molecular formula is C14H8Br4. The Labute approximate surface area is 140 Å². The maximum Gasteiger partial charge on any atom is 0.0395 e. The summed E-state index contributed by atoms with van der Waals surface area (Å²) in [5.41, 5.74) is 2.26. The quantitative estimate of drug-likeness (QED) is 0.401. The Hall–Kier alpha value is 0.1000. The number of rotatable bonds is 2. The van der Waals surface area contributed by atoms with Crippen LogP contribution in [0.2, 0.25) is 0 Å². The monoisotopic (exact) mass is 492 g/mol. The molecule has 0 atom stereocenters. The van der Waals surface area contributed by atoms with E-state index in [4.69, 9.17) is 0 Å². The van der Waals surface area contributed by atoms with E-state index >= 15 is 0 Å². The second-order valence-electron chi connectivity index (χ2n) is 3.64. The van der Waals surface area contributed by atoms with Crippen LogP contribution in [-0.2, 0) is 0 Å². The van der Waals surface area contributed by atoms with Crippen molar-refractivity contribution in [1.29, 1.82) is 0 Å². The molecule has 0 aliphatic rings. The van der Waals surface area contributed by atoms with Crippen LogP contribution in [0, 0.1) is 0 Å². The fraction of sp³-hybridized carbons (Fsp3) is 0. The maximum atomic E-state index is 3.64. The smallest absolute Gasteiger partial charge is 0.0395 e. The second kappa shape index (κ2) is 6.51. The van der Waals surface area contributed by atoms with Gasteiger partial charge in [0.25, 0.3) is 0 Å². The molecule has 4 heteroatoms. The van der Waals surface area contributed by atoms with Crippen LogP contribution in [0.25, 0.3) is 8.96 Å². The predicted molar refractivity (Wildman–Crippen MR) is 93.0 cm³/mol. The van der Waals surface area contributed by atoms with Crippen molar-refractivity contribution >= 4 is 72.7 Å². The maximum absolute atomic E-state index is 3.64. The van der Waals surface area contributed by atoms with E-state index in [2.05, 4.69) is 88.0 Å². The molecule has 0 amide bonds. The third-order valence-electron chi connectivity index (χ3n) is 2.39. The summed E-state index contributed by atoms with van der Waals surface area (Å²) < 4.78 is 4.23. The molecule has 0 fully saturated rings. The van der Waals surface area contributed by atoms with E-state index in [-0.39, 0.29) is 0 Å². The van der Waals surface area contributed by atoms with Crippen molar-refractivity contribution in [2.45, 2.75) is 0 Å². The van der Waals surface area contributed by atoms with E-state index in [1.165, 1.54) is 0 Å². The Morgan fingerprint density at radius 3 is 1.11 bits per heavy atom. The highest BCUT2D eigenvalue weighted by Gasteiger charge is 2.06. The standard InChI is InChI=1S/C14H8Br4/c15-11-5-1-9(2-6-11)13(17)14(18)10-3-7-12(16)8-4-10/h1-8H/b14-13+. The minimum Gasteiger partial charge on any atom is -0.0527 e. The Kier molecular flexibility index (Phi) is 5.24. The fourth-order valence-electron chi connectivity index (χ4n) is 1.45. The second-order valence-corrected chi connectivity index (χ2v) is 7.06. The first kappa shape index (κ1) is 14.5. The molecule has 0 aliphatic carbocycles. The highest BCUT2D eigenvalue weighted by atomic mass is 79.9. The van der Waals surface area contributed by atoms with Gasteiger partial charge in [0.05, 0.1) is 0 Å². The molecule has 0 N–H and O–H groups in total. The van der Waals surface area contributed by atoms with Crippen LogP contribution in [0.1, 0.15) is 11.1 Å². The molecule has 0 saturated heterocycles. The van der Waals surface area contributed by atoms with Crippen LogP contribution in [0.5, 0.6) is 0 Å². The molecule has 0 aromatic heterocycles. The average Bonchev–Trinajstić information content (AvgIpc) is 2.39. The first-order valence-electron chi connectivity index (χ1n) is 5.15. The molecule has 0 unspecified atom stereocenters. The third-order valence-corrected chi connectivity index (χ3v) is 5.69. The molecule has 0 aliphatic heterocycles. The molecule has 0 radical (unpaired) electrons. The normalized spacial score (nSPS) is 12.2. The number of benzene rings is 2. The SMILES string of the molecule is Br/C(=C(/Br)c1ccc(Br)cc1)c1ccc(Br)cc1. The van der Waals surface area contributed by atoms with Gasteiger partial charge >= 0.3 is 0 Å². The Balaban J connectivity index is 2.40. The van der Waals surface area contributed by atoms with Crippen molar-refractivity contribution in [2.24, 2.45) is 0 Å². The van der Waals surface area contributed by atoms with Crippen LogP contribution in [0.3, 0.4) is 0 Å². The van der Waals surface area contributed by atoms with Crippen LogP contribution in [-0.4, -0.2) is 0 Å². The van der Waals surface area contributed by atoms with Crippen LogP contribution in [0.15, 0.2) is 57.5 Å². The Morgan fingerprint density at radius 2 is 0.833 bits per heavy atom. The van der Waals surface area contributed by atoms with Gasteiger partial charge in [-0.1, -0.05) is 56.1 Å². The summed E-state index contributed by atoms with van der Waals surface area (Å²) in [6.45, 7) is 0. The van der Waals surface area contributed by atoms with E-state index in [1.807, 2.05) is 24.3 Å². The summed E-state index contributed by atoms with van der Waals surface area (Å²) in [4.78, 5) is 0. The lowest BCUT2D eigenvalue weighted by Gasteiger charge is -2.06. The lowest BCUT2D eigenvalue weighted by Crippen LogP contribution is -1.82. The average molecular weight is 496 g/mol. The van der Waals surface area contributed by atoms with Crippen LogP contribution < -0.4 is 0 Å². The van der Waals surface area contributed by atoms with Gasteiger partial charge in [0.2, 0.25) is 0 Å². The molecule has 0 spiro atoms. The lowest BCUT2D eigenvalue weighted by molar-refractivity contribution is 1.59. The highest BCUT2D eigenvalue weighted by Crippen LogP contribution is 2.36. The summed E-state index contributed by atoms with van der Waals surface area (Å²) in [5.74, 6) is 0. The molecule has 2 rings (SSSR count). The van der Waals surface area contributed by atoms with Crippen molar-refractivity contribution in [3.8, 4) is 0 Å². The van der Waals surface area contributed by atoms with Gasteiger partial charge in [-0.15, -0.1) is 0 Å². The molecule has 0 nitrogen and oxygen atoms in total. The summed E-state index contributed by atoms with van der Waals surface area (Å²) in [6.07, 6.45) is 0. The highest BCUT2D eigenvalue weighted by molar-refractivity contribution is 9.18. The van der Waals surface area contributed by atoms with Gasteiger partial charge in [-0.2, -0.15) is 0 Å². The Bertz CT molecular complexity index is 514. The molecule has 2 aromatic rings. The van der Waals surface area contributed by atoms with E-state index in [0.717, 1.165) is 29.0 Å². The minimum absolute atomic E-state index is 1.04. The largest absolute Gasteiger partial charge is 0.0527 e. The van der Waals surface area contributed by atoms with Crippen LogP contribution >= 0.6 is 63.7 Å². The zero-order valence-corrected chi connectivity index (χ0v) is 15.5. The predicted octanol–water partition coefficient (Wildman–Crippen LogP) is 6.83. The van der Waals surface area contributed by atoms with Crippen molar-refractivity contribution in [1.82, 2.24) is 0 Å². The number of hydrogen-bond donors (Lipinski definition) is 0. The van der Waals surface area contributed by atoms with E-state index in [0.29, 0.717) is 0 Å². The number of halogens is 4. The summed E-state index contributed by atoms with van der Waals surface area (Å²) in [7, 11) is 0. The van der Waals surface area contributed by atoms with E-state index in [1.54, 1.807) is 0 Å². The van der Waals surface area contributed by atoms with Crippen molar-refractivity contribution in [2.75, 3.05) is 0 Å². The van der Waals surface area contributed by atoms with Gasteiger partial charge in [-0.25, -0.2) is 0 Å². The zero-order chi connectivity index (χ0) is 13.1. The topological polar surface area (TPSA) is 0 Å². The van der Waals surface area contributed by atoms with Crippen molar-refractivity contribution < 1.29 is 0 Å². The molecule has 0 heterocycles. The summed E-state index contributed by atoms with van der Waals surface area (Å²) >= 11 is 14.1. The van der Waals surface area contributed by atoms with E-state index < -0.39 is 0 Å². The molecular weight excluding hydrogens is 488 g/mol. The lowest BCUT2D eigenvalue weighted by atomic mass is 10.1. The molecule has 18 heavy (non-hydrogen) atoms. The first-order chi connectivity index (χ1) is 8.58. The van der Waals surface area contributed by atoms with Crippen molar-refractivity contribution in [3.05, 3.63) is 68.6 Å². The number of hydrogen-bond acceptors (Lipinski definition) is 0. The Morgan fingerprint density at radius 1 is 0.556 bits per heavy atom. The van der Waals surface area contributed by atoms with Gasteiger partial charge in [0.1, 0.15) is 0 Å². The van der Waals surface area contributed by atoms with Gasteiger partial charge < -0.3 is 0 Å². The van der Waals surface area contributed by atoms with Gasteiger partial charge in [0, 0.05) is 17.9 Å². The first-order valence-corrected chi connectivity index (χ1v) is 8.32. The van der Waals surface area contributed by atoms with Gasteiger partial charge in [0.15, 0.2) is 0 Å². The molecule has 92 valence electrons. The molecule has 2 aromatic carbocycles. The molecule has 0 bridgehead atoms. The third kappa shape index (κ3) is 3.56. The minimum atomic E-state index is 1.04. The summed E-state index contributed by atoms with van der Waals surface area (Å²) in [6, 6.07) is 16.4. The van der Waals surface area contributed by atoms with Crippen LogP contribution in [0.4, 0.5) is 0 Å². The zero-order valence-electron chi connectivity index (χ0n) is 9.13. The molecule has 0 saturated carbocycles. The van der Waals surface area contributed by atoms with Gasteiger partial charge in [-0.05, 0) is 67.3 Å². The van der Waals surface area contributed by atoms with Gasteiger partial charge in [-0.3, -0.25) is 0 Å². The van der Waals surface area contributed by atoms with E-state index in [9.17, 15) is 0 Å². The summed E-state index contributed by atoms with van der Waals surface area (Å²) in [5, 5.41) is 0. The van der Waals surface area contributed by atoms with Crippen molar-refractivity contribution in [3.63, 3.8) is 0 Å². The fourth-order valence-corrected chi connectivity index (χ4v) is 2.96.